The third-order valence-electron chi connectivity index (χ3n) is 2.65. The van der Waals surface area contributed by atoms with Crippen LogP contribution in [0.25, 0.3) is 0 Å². The van der Waals surface area contributed by atoms with Crippen LogP contribution in [0.5, 0.6) is 0 Å². The van der Waals surface area contributed by atoms with Gasteiger partial charge in [0.2, 0.25) is 0 Å². The fraction of sp³-hybridized carbons (Fsp3) is 0.429. The molecule has 0 aliphatic heterocycles. The Labute approximate surface area is 92.9 Å². The molecular formula is C14H19N. The molecule has 0 amide bonds. The Morgan fingerprint density at radius 3 is 2.53 bits per heavy atom. The van der Waals surface area contributed by atoms with Crippen LogP contribution in [0.2, 0.25) is 0 Å². The second-order valence-corrected chi connectivity index (χ2v) is 3.92. The van der Waals surface area contributed by atoms with Crippen LogP contribution in [0.15, 0.2) is 24.3 Å². The lowest BCUT2D eigenvalue weighted by Gasteiger charge is -2.14. The van der Waals surface area contributed by atoms with Crippen molar-refractivity contribution in [3.63, 3.8) is 0 Å². The topological polar surface area (TPSA) is 12.0 Å². The maximum atomic E-state index is 5.27. The second-order valence-electron chi connectivity index (χ2n) is 3.92. The van der Waals surface area contributed by atoms with Crippen LogP contribution >= 0.6 is 0 Å². The molecule has 0 fully saturated rings. The molecule has 0 aliphatic rings. The van der Waals surface area contributed by atoms with E-state index in [4.69, 9.17) is 6.42 Å². The minimum atomic E-state index is 0.490. The van der Waals surface area contributed by atoms with Gasteiger partial charge in [-0.15, -0.1) is 12.3 Å². The molecule has 1 aromatic rings. The highest BCUT2D eigenvalue weighted by Crippen LogP contribution is 2.08. The first-order valence-corrected chi connectivity index (χ1v) is 5.42. The van der Waals surface area contributed by atoms with Crippen molar-refractivity contribution in [1.29, 1.82) is 0 Å². The molecule has 80 valence electrons. The summed E-state index contributed by atoms with van der Waals surface area (Å²) in [6.45, 7) is 2.11. The van der Waals surface area contributed by atoms with E-state index in [-0.39, 0.29) is 0 Å². The van der Waals surface area contributed by atoms with Crippen molar-refractivity contribution < 1.29 is 0 Å². The molecule has 1 unspecified atom stereocenters. The highest BCUT2D eigenvalue weighted by atomic mass is 14.9. The van der Waals surface area contributed by atoms with E-state index in [1.807, 2.05) is 7.05 Å². The summed E-state index contributed by atoms with van der Waals surface area (Å²) in [4.78, 5) is 0. The minimum Gasteiger partial charge on any atom is -0.317 e. The van der Waals surface area contributed by atoms with E-state index in [0.717, 1.165) is 19.3 Å². The third-order valence-corrected chi connectivity index (χ3v) is 2.65. The van der Waals surface area contributed by atoms with Gasteiger partial charge in [-0.05, 0) is 32.4 Å². The Bertz CT molecular complexity index is 318. The van der Waals surface area contributed by atoms with Gasteiger partial charge in [0.05, 0.1) is 0 Å². The SMILES string of the molecule is C#CCCC(Cc1ccc(C)cc1)NC. The number of terminal acetylenes is 1. The van der Waals surface area contributed by atoms with Gasteiger partial charge in [0, 0.05) is 12.5 Å². The standard InChI is InChI=1S/C14H19N/c1-4-5-6-14(15-3)11-13-9-7-12(2)8-10-13/h1,7-10,14-15H,5-6,11H2,2-3H3. The van der Waals surface area contributed by atoms with Crippen molar-refractivity contribution in [3.05, 3.63) is 35.4 Å². The lowest BCUT2D eigenvalue weighted by molar-refractivity contribution is 0.528. The molecule has 0 heterocycles. The Balaban J connectivity index is 2.51. The summed E-state index contributed by atoms with van der Waals surface area (Å²) >= 11 is 0. The molecule has 0 aromatic heterocycles. The van der Waals surface area contributed by atoms with Gasteiger partial charge in [0.1, 0.15) is 0 Å². The van der Waals surface area contributed by atoms with Crippen molar-refractivity contribution in [1.82, 2.24) is 5.32 Å². The predicted molar refractivity (Wildman–Crippen MR) is 65.8 cm³/mol. The summed E-state index contributed by atoms with van der Waals surface area (Å²) in [5.41, 5.74) is 2.68. The fourth-order valence-electron chi connectivity index (χ4n) is 1.61. The normalized spacial score (nSPS) is 12.1. The molecule has 0 aliphatic carbocycles. The molecule has 1 atom stereocenters. The van der Waals surface area contributed by atoms with Gasteiger partial charge >= 0.3 is 0 Å². The monoisotopic (exact) mass is 201 g/mol. The summed E-state index contributed by atoms with van der Waals surface area (Å²) in [6, 6.07) is 9.18. The van der Waals surface area contributed by atoms with Gasteiger partial charge in [0.15, 0.2) is 0 Å². The number of hydrogen-bond donors (Lipinski definition) is 1. The number of rotatable bonds is 5. The summed E-state index contributed by atoms with van der Waals surface area (Å²) < 4.78 is 0. The average Bonchev–Trinajstić information content (AvgIpc) is 2.27. The zero-order chi connectivity index (χ0) is 11.1. The largest absolute Gasteiger partial charge is 0.317 e. The van der Waals surface area contributed by atoms with E-state index in [2.05, 4.69) is 42.4 Å². The first-order chi connectivity index (χ1) is 7.26. The average molecular weight is 201 g/mol. The molecule has 1 aromatic carbocycles. The molecule has 0 spiro atoms. The van der Waals surface area contributed by atoms with Crippen molar-refractivity contribution in [2.75, 3.05) is 7.05 Å². The number of hydrogen-bond acceptors (Lipinski definition) is 1. The van der Waals surface area contributed by atoms with Gasteiger partial charge in [-0.25, -0.2) is 0 Å². The Hall–Kier alpha value is -1.26. The third kappa shape index (κ3) is 4.18. The van der Waals surface area contributed by atoms with Crippen LogP contribution in [0.1, 0.15) is 24.0 Å². The zero-order valence-corrected chi connectivity index (χ0v) is 9.59. The molecule has 1 nitrogen and oxygen atoms in total. The van der Waals surface area contributed by atoms with E-state index in [0.29, 0.717) is 6.04 Å². The molecular weight excluding hydrogens is 182 g/mol. The highest BCUT2D eigenvalue weighted by Gasteiger charge is 2.05. The number of nitrogens with one attached hydrogen (secondary N) is 1. The zero-order valence-electron chi connectivity index (χ0n) is 9.59. The van der Waals surface area contributed by atoms with Gasteiger partial charge in [-0.3, -0.25) is 0 Å². The summed E-state index contributed by atoms with van der Waals surface area (Å²) in [5.74, 6) is 2.69. The second kappa shape index (κ2) is 6.27. The van der Waals surface area contributed by atoms with E-state index in [1.54, 1.807) is 0 Å². The molecule has 15 heavy (non-hydrogen) atoms. The number of likely N-dealkylation sites (N-methyl/N-ethyl adjacent to an activating group) is 1. The van der Waals surface area contributed by atoms with Crippen molar-refractivity contribution >= 4 is 0 Å². The van der Waals surface area contributed by atoms with E-state index < -0.39 is 0 Å². The first-order valence-electron chi connectivity index (χ1n) is 5.42. The fourth-order valence-corrected chi connectivity index (χ4v) is 1.61. The van der Waals surface area contributed by atoms with E-state index in [9.17, 15) is 0 Å². The van der Waals surface area contributed by atoms with Gasteiger partial charge < -0.3 is 5.32 Å². The molecule has 0 saturated heterocycles. The van der Waals surface area contributed by atoms with Crippen LogP contribution in [-0.2, 0) is 6.42 Å². The van der Waals surface area contributed by atoms with Crippen LogP contribution < -0.4 is 5.32 Å². The number of aryl methyl sites for hydroxylation is 1. The predicted octanol–water partition coefficient (Wildman–Crippen LogP) is 2.54. The maximum Gasteiger partial charge on any atom is 0.0113 e. The van der Waals surface area contributed by atoms with Crippen LogP contribution in [-0.4, -0.2) is 13.1 Å². The Kier molecular flexibility index (Phi) is 4.93. The quantitative estimate of drug-likeness (QED) is 0.722. The molecule has 1 heteroatoms. The van der Waals surface area contributed by atoms with E-state index >= 15 is 0 Å². The maximum absolute atomic E-state index is 5.27. The lowest BCUT2D eigenvalue weighted by atomic mass is 10.0. The van der Waals surface area contributed by atoms with Crippen molar-refractivity contribution in [2.24, 2.45) is 0 Å². The summed E-state index contributed by atoms with van der Waals surface area (Å²) in [5, 5.41) is 3.30. The van der Waals surface area contributed by atoms with Crippen molar-refractivity contribution in [3.8, 4) is 12.3 Å². The van der Waals surface area contributed by atoms with Crippen LogP contribution in [0.3, 0.4) is 0 Å². The lowest BCUT2D eigenvalue weighted by Crippen LogP contribution is -2.27. The molecule has 0 bridgehead atoms. The van der Waals surface area contributed by atoms with E-state index in [1.165, 1.54) is 11.1 Å². The first kappa shape index (κ1) is 11.8. The molecule has 0 radical (unpaired) electrons. The summed E-state index contributed by atoms with van der Waals surface area (Å²) in [7, 11) is 2.00. The van der Waals surface area contributed by atoms with Gasteiger partial charge in [-0.2, -0.15) is 0 Å². The highest BCUT2D eigenvalue weighted by molar-refractivity contribution is 5.22. The molecule has 0 saturated carbocycles. The van der Waals surface area contributed by atoms with Crippen molar-refractivity contribution in [2.45, 2.75) is 32.2 Å². The van der Waals surface area contributed by atoms with Gasteiger partial charge in [0.25, 0.3) is 0 Å². The Morgan fingerprint density at radius 2 is 2.00 bits per heavy atom. The van der Waals surface area contributed by atoms with Crippen LogP contribution in [0, 0.1) is 19.3 Å². The molecule has 1 N–H and O–H groups in total. The minimum absolute atomic E-state index is 0.490. The van der Waals surface area contributed by atoms with Crippen LogP contribution in [0.4, 0.5) is 0 Å². The smallest absolute Gasteiger partial charge is 0.0113 e. The Morgan fingerprint density at radius 1 is 1.33 bits per heavy atom. The summed E-state index contributed by atoms with van der Waals surface area (Å²) in [6.07, 6.45) is 8.21. The number of benzene rings is 1. The molecule has 1 rings (SSSR count). The van der Waals surface area contributed by atoms with Gasteiger partial charge in [-0.1, -0.05) is 29.8 Å².